The van der Waals surface area contributed by atoms with Crippen molar-refractivity contribution in [1.29, 1.82) is 0 Å². The van der Waals surface area contributed by atoms with Crippen LogP contribution in [-0.4, -0.2) is 9.79 Å². The molecule has 0 aromatic carbocycles. The Bertz CT molecular complexity index is 480. The average Bonchev–Trinajstić information content (AvgIpc) is 2.25. The van der Waals surface area contributed by atoms with Gasteiger partial charge in [0.25, 0.3) is 0 Å². The number of rotatable bonds is 6. The number of allylic oxidation sites excluding steroid dienone is 7. The monoisotopic (exact) mass is 282 g/mol. The predicted molar refractivity (Wildman–Crippen MR) is 80.9 cm³/mol. The van der Waals surface area contributed by atoms with Crippen molar-refractivity contribution in [3.05, 3.63) is 52.6 Å². The van der Waals surface area contributed by atoms with Crippen LogP contribution in [0.2, 0.25) is 0 Å². The Morgan fingerprint density at radius 1 is 1.21 bits per heavy atom. The topological polar surface area (TPSA) is 57.5 Å². The zero-order valence-electron chi connectivity index (χ0n) is 12.1. The second-order valence-corrected chi connectivity index (χ2v) is 6.17. The van der Waals surface area contributed by atoms with E-state index in [1.54, 1.807) is 13.0 Å². The van der Waals surface area contributed by atoms with E-state index in [1.165, 1.54) is 11.1 Å². The van der Waals surface area contributed by atoms with Gasteiger partial charge in [-0.1, -0.05) is 35.5 Å². The first-order valence-electron chi connectivity index (χ1n) is 6.17. The quantitative estimate of drug-likeness (QED) is 0.327. The molecule has 0 heterocycles. The van der Waals surface area contributed by atoms with Crippen LogP contribution >= 0.6 is 7.60 Å². The van der Waals surface area contributed by atoms with Crippen LogP contribution in [0.1, 0.15) is 40.5 Å². The van der Waals surface area contributed by atoms with Crippen molar-refractivity contribution in [3.63, 3.8) is 0 Å². The van der Waals surface area contributed by atoms with Gasteiger partial charge in [-0.05, 0) is 46.1 Å². The van der Waals surface area contributed by atoms with E-state index in [1.807, 2.05) is 12.2 Å². The van der Waals surface area contributed by atoms with Crippen molar-refractivity contribution in [3.8, 4) is 0 Å². The van der Waals surface area contributed by atoms with Crippen LogP contribution in [-0.2, 0) is 4.57 Å². The summed E-state index contributed by atoms with van der Waals surface area (Å²) >= 11 is 0. The molecular formula is C15H23O3P. The lowest BCUT2D eigenvalue weighted by Crippen LogP contribution is -1.76. The maximum absolute atomic E-state index is 10.6. The fourth-order valence-electron chi connectivity index (χ4n) is 1.26. The van der Waals surface area contributed by atoms with Crippen LogP contribution < -0.4 is 0 Å². The van der Waals surface area contributed by atoms with Crippen molar-refractivity contribution in [1.82, 2.24) is 0 Å². The molecule has 0 atom stereocenters. The predicted octanol–water partition coefficient (Wildman–Crippen LogP) is 4.47. The molecule has 0 saturated heterocycles. The molecule has 0 bridgehead atoms. The molecule has 0 radical (unpaired) electrons. The molecule has 0 aromatic heterocycles. The first-order valence-corrected chi connectivity index (χ1v) is 7.86. The largest absolute Gasteiger partial charge is 0.356 e. The molecule has 0 aliphatic heterocycles. The highest BCUT2D eigenvalue weighted by molar-refractivity contribution is 7.55. The summed E-state index contributed by atoms with van der Waals surface area (Å²) in [6.07, 6.45) is 9.89. The van der Waals surface area contributed by atoms with E-state index in [0.29, 0.717) is 5.57 Å². The lowest BCUT2D eigenvalue weighted by atomic mass is 10.1. The molecule has 0 unspecified atom stereocenters. The Labute approximate surface area is 115 Å². The fraction of sp³-hybridized carbons (Fsp3) is 0.400. The molecule has 4 heteroatoms. The minimum Gasteiger partial charge on any atom is -0.321 e. The third kappa shape index (κ3) is 13.1. The summed E-state index contributed by atoms with van der Waals surface area (Å²) in [6, 6.07) is 0. The van der Waals surface area contributed by atoms with Gasteiger partial charge in [-0.15, -0.1) is 5.73 Å². The summed E-state index contributed by atoms with van der Waals surface area (Å²) in [6.45, 7) is 7.98. The van der Waals surface area contributed by atoms with Crippen LogP contribution in [0.15, 0.2) is 52.6 Å². The lowest BCUT2D eigenvalue weighted by molar-refractivity contribution is 0.386. The summed E-state index contributed by atoms with van der Waals surface area (Å²) in [7, 11) is -4.11. The first-order chi connectivity index (χ1) is 8.70. The van der Waals surface area contributed by atoms with Crippen molar-refractivity contribution in [2.45, 2.75) is 40.5 Å². The van der Waals surface area contributed by atoms with Crippen molar-refractivity contribution in [2.75, 3.05) is 0 Å². The zero-order chi connectivity index (χ0) is 14.9. The van der Waals surface area contributed by atoms with Crippen molar-refractivity contribution in [2.24, 2.45) is 0 Å². The lowest BCUT2D eigenvalue weighted by Gasteiger charge is -1.96. The molecule has 106 valence electrons. The van der Waals surface area contributed by atoms with Crippen LogP contribution in [0.4, 0.5) is 0 Å². The second-order valence-electron chi connectivity index (χ2n) is 4.74. The highest BCUT2D eigenvalue weighted by Gasteiger charge is 2.03. The van der Waals surface area contributed by atoms with Crippen molar-refractivity contribution >= 4 is 7.60 Å². The molecule has 0 aromatic rings. The normalized spacial score (nSPS) is 12.2. The maximum atomic E-state index is 10.6. The van der Waals surface area contributed by atoms with Gasteiger partial charge < -0.3 is 9.79 Å². The zero-order valence-corrected chi connectivity index (χ0v) is 12.9. The third-order valence-electron chi connectivity index (χ3n) is 2.28. The number of hydrogen-bond acceptors (Lipinski definition) is 1. The van der Waals surface area contributed by atoms with Crippen molar-refractivity contribution < 1.29 is 14.4 Å². The Morgan fingerprint density at radius 2 is 1.84 bits per heavy atom. The van der Waals surface area contributed by atoms with E-state index in [-0.39, 0.29) is 0 Å². The third-order valence-corrected chi connectivity index (χ3v) is 2.74. The van der Waals surface area contributed by atoms with E-state index in [4.69, 9.17) is 9.79 Å². The van der Waals surface area contributed by atoms with Crippen LogP contribution in [0.3, 0.4) is 0 Å². The summed E-state index contributed by atoms with van der Waals surface area (Å²) in [5, 5.41) is 0. The molecule has 0 aliphatic carbocycles. The SMILES string of the molecule is CC(=C=CP(=O)(O)O)/C=C/C=C(\C)CCC=C(C)C. The Balaban J connectivity index is 4.46. The summed E-state index contributed by atoms with van der Waals surface area (Å²) in [5.74, 6) is 0.790. The summed E-state index contributed by atoms with van der Waals surface area (Å²) < 4.78 is 10.6. The van der Waals surface area contributed by atoms with Gasteiger partial charge in [0.2, 0.25) is 0 Å². The van der Waals surface area contributed by atoms with E-state index in [2.05, 4.69) is 32.6 Å². The second kappa shape index (κ2) is 8.90. The molecule has 0 rings (SSSR count). The Kier molecular flexibility index (Phi) is 8.38. The van der Waals surface area contributed by atoms with E-state index >= 15 is 0 Å². The van der Waals surface area contributed by atoms with Gasteiger partial charge >= 0.3 is 7.60 Å². The molecule has 0 spiro atoms. The van der Waals surface area contributed by atoms with Crippen LogP contribution in [0.25, 0.3) is 0 Å². The highest BCUT2D eigenvalue weighted by atomic mass is 31.2. The molecule has 19 heavy (non-hydrogen) atoms. The molecular weight excluding hydrogens is 259 g/mol. The molecule has 0 saturated carbocycles. The Hall–Kier alpha value is -1.11. The molecule has 0 aliphatic rings. The fourth-order valence-corrected chi connectivity index (χ4v) is 1.63. The molecule has 0 fully saturated rings. The minimum absolute atomic E-state index is 0.677. The van der Waals surface area contributed by atoms with Crippen LogP contribution in [0.5, 0.6) is 0 Å². The van der Waals surface area contributed by atoms with Gasteiger partial charge in [-0.25, -0.2) is 0 Å². The van der Waals surface area contributed by atoms with Gasteiger partial charge in [0, 0.05) is 0 Å². The van der Waals surface area contributed by atoms with E-state index in [0.717, 1.165) is 18.7 Å². The maximum Gasteiger partial charge on any atom is 0.356 e. The van der Waals surface area contributed by atoms with Gasteiger partial charge in [0.1, 0.15) is 0 Å². The van der Waals surface area contributed by atoms with E-state index < -0.39 is 7.60 Å². The average molecular weight is 282 g/mol. The number of hydrogen-bond donors (Lipinski definition) is 2. The van der Waals surface area contributed by atoms with Crippen LogP contribution in [0, 0.1) is 0 Å². The summed E-state index contributed by atoms with van der Waals surface area (Å²) in [5.41, 5.74) is 5.82. The van der Waals surface area contributed by atoms with Gasteiger partial charge in [-0.3, -0.25) is 4.57 Å². The highest BCUT2D eigenvalue weighted by Crippen LogP contribution is 2.35. The van der Waals surface area contributed by atoms with E-state index in [9.17, 15) is 4.57 Å². The smallest absolute Gasteiger partial charge is 0.321 e. The van der Waals surface area contributed by atoms with Gasteiger partial charge in [0.15, 0.2) is 0 Å². The molecule has 3 nitrogen and oxygen atoms in total. The van der Waals surface area contributed by atoms with Gasteiger partial charge in [0.05, 0.1) is 5.82 Å². The summed E-state index contributed by atoms with van der Waals surface area (Å²) in [4.78, 5) is 17.3. The molecule has 0 amide bonds. The minimum atomic E-state index is -4.11. The molecule has 2 N–H and O–H groups in total. The Morgan fingerprint density at radius 3 is 2.37 bits per heavy atom. The standard InChI is InChI=1S/C15H23O3P/c1-13(2)7-5-8-14(3)9-6-10-15(4)11-12-19(16,17)18/h6-7,9-10,12H,5,8H2,1-4H3,(H2,16,17,18)/b10-6+,14-9+. The first kappa shape index (κ1) is 17.9. The van der Waals surface area contributed by atoms with Gasteiger partial charge in [-0.2, -0.15) is 0 Å².